The van der Waals surface area contributed by atoms with Gasteiger partial charge in [-0.1, -0.05) is 0 Å². The first-order valence-corrected chi connectivity index (χ1v) is 4.77. The third-order valence-corrected chi connectivity index (χ3v) is 2.25. The number of hydrogen-bond donors (Lipinski definition) is 1. The van der Waals surface area contributed by atoms with E-state index in [2.05, 4.69) is 0 Å². The number of piperidine rings is 1. The Bertz CT molecular complexity index is 164. The molecular weight excluding hydrogens is 170 g/mol. The van der Waals surface area contributed by atoms with E-state index in [0.717, 1.165) is 0 Å². The van der Waals surface area contributed by atoms with Crippen LogP contribution in [-0.4, -0.2) is 48.3 Å². The average molecular weight is 187 g/mol. The number of amides is 1. The summed E-state index contributed by atoms with van der Waals surface area (Å²) in [5, 5.41) is 9.22. The Morgan fingerprint density at radius 1 is 1.54 bits per heavy atom. The topological polar surface area (TPSA) is 49.8 Å². The summed E-state index contributed by atoms with van der Waals surface area (Å²) in [5.41, 5.74) is 0. The fourth-order valence-electron chi connectivity index (χ4n) is 1.40. The van der Waals surface area contributed by atoms with Crippen LogP contribution >= 0.6 is 0 Å². The van der Waals surface area contributed by atoms with Gasteiger partial charge >= 0.3 is 0 Å². The molecule has 0 radical (unpaired) electrons. The van der Waals surface area contributed by atoms with Crippen LogP contribution in [0.5, 0.6) is 0 Å². The Morgan fingerprint density at radius 3 is 2.69 bits per heavy atom. The average Bonchev–Trinajstić information content (AvgIpc) is 2.15. The molecule has 1 aliphatic heterocycles. The monoisotopic (exact) mass is 187 g/mol. The molecule has 0 aromatic carbocycles. The minimum Gasteiger partial charge on any atom is -0.393 e. The molecule has 0 aromatic rings. The van der Waals surface area contributed by atoms with Gasteiger partial charge in [0.15, 0.2) is 0 Å². The van der Waals surface area contributed by atoms with Crippen LogP contribution in [0.3, 0.4) is 0 Å². The lowest BCUT2D eigenvalue weighted by molar-refractivity contribution is -0.137. The quantitative estimate of drug-likeness (QED) is 0.677. The number of hydrogen-bond acceptors (Lipinski definition) is 3. The molecule has 1 fully saturated rings. The van der Waals surface area contributed by atoms with Crippen molar-refractivity contribution in [2.45, 2.75) is 25.9 Å². The van der Waals surface area contributed by atoms with Gasteiger partial charge in [0.05, 0.1) is 6.10 Å². The number of nitrogens with zero attached hydrogens (tertiary/aromatic N) is 1. The van der Waals surface area contributed by atoms with E-state index in [1.165, 1.54) is 0 Å². The Balaban J connectivity index is 2.23. The van der Waals surface area contributed by atoms with Gasteiger partial charge in [-0.25, -0.2) is 0 Å². The summed E-state index contributed by atoms with van der Waals surface area (Å²) >= 11 is 0. The van der Waals surface area contributed by atoms with Gasteiger partial charge in [0.2, 0.25) is 5.91 Å². The molecule has 0 saturated carbocycles. The van der Waals surface area contributed by atoms with Crippen LogP contribution in [0.4, 0.5) is 0 Å². The first-order chi connectivity index (χ1) is 6.24. The molecule has 0 aromatic heterocycles. The maximum absolute atomic E-state index is 11.4. The Hall–Kier alpha value is -0.610. The van der Waals surface area contributed by atoms with Gasteiger partial charge in [-0.15, -0.1) is 0 Å². The van der Waals surface area contributed by atoms with E-state index in [-0.39, 0.29) is 18.6 Å². The van der Waals surface area contributed by atoms with E-state index in [4.69, 9.17) is 4.74 Å². The predicted molar refractivity (Wildman–Crippen MR) is 48.3 cm³/mol. The summed E-state index contributed by atoms with van der Waals surface area (Å²) < 4.78 is 5.02. The lowest BCUT2D eigenvalue weighted by atomic mass is 10.1. The van der Waals surface area contributed by atoms with Gasteiger partial charge in [0.1, 0.15) is 6.61 Å². The lowest BCUT2D eigenvalue weighted by Crippen LogP contribution is -2.41. The first-order valence-electron chi connectivity index (χ1n) is 4.77. The number of carbonyl (C=O) groups is 1. The number of likely N-dealkylation sites (tertiary alicyclic amines) is 1. The normalized spacial score (nSPS) is 19.1. The van der Waals surface area contributed by atoms with E-state index in [0.29, 0.717) is 32.5 Å². The van der Waals surface area contributed by atoms with Crippen molar-refractivity contribution in [1.29, 1.82) is 0 Å². The second-order valence-corrected chi connectivity index (χ2v) is 3.25. The summed E-state index contributed by atoms with van der Waals surface area (Å²) in [6.07, 6.45) is 1.16. The molecule has 0 aliphatic carbocycles. The second-order valence-electron chi connectivity index (χ2n) is 3.25. The smallest absolute Gasteiger partial charge is 0.248 e. The highest BCUT2D eigenvalue weighted by atomic mass is 16.5. The van der Waals surface area contributed by atoms with Crippen LogP contribution in [0.25, 0.3) is 0 Å². The van der Waals surface area contributed by atoms with E-state index in [9.17, 15) is 9.90 Å². The van der Waals surface area contributed by atoms with Crippen LogP contribution < -0.4 is 0 Å². The van der Waals surface area contributed by atoms with Gasteiger partial charge in [-0.05, 0) is 19.8 Å². The highest BCUT2D eigenvalue weighted by Crippen LogP contribution is 2.09. The summed E-state index contributed by atoms with van der Waals surface area (Å²) in [6.45, 7) is 3.93. The maximum atomic E-state index is 11.4. The molecule has 0 bridgehead atoms. The molecule has 0 atom stereocenters. The van der Waals surface area contributed by atoms with Crippen molar-refractivity contribution >= 4 is 5.91 Å². The van der Waals surface area contributed by atoms with Crippen LogP contribution in [-0.2, 0) is 9.53 Å². The van der Waals surface area contributed by atoms with Crippen molar-refractivity contribution in [2.24, 2.45) is 0 Å². The fourth-order valence-corrected chi connectivity index (χ4v) is 1.40. The van der Waals surface area contributed by atoms with Crippen molar-refractivity contribution in [2.75, 3.05) is 26.3 Å². The third kappa shape index (κ3) is 3.32. The number of aliphatic hydroxyl groups excluding tert-OH is 1. The summed E-state index contributed by atoms with van der Waals surface area (Å²) in [7, 11) is 0. The highest BCUT2D eigenvalue weighted by Gasteiger charge is 2.20. The van der Waals surface area contributed by atoms with Crippen LogP contribution in [0.1, 0.15) is 19.8 Å². The minimum atomic E-state index is -0.226. The van der Waals surface area contributed by atoms with Gasteiger partial charge in [-0.2, -0.15) is 0 Å². The molecule has 0 spiro atoms. The van der Waals surface area contributed by atoms with Crippen LogP contribution in [0.2, 0.25) is 0 Å². The summed E-state index contributed by atoms with van der Waals surface area (Å²) in [6, 6.07) is 0. The molecule has 4 heteroatoms. The molecule has 1 aliphatic rings. The fraction of sp³-hybridized carbons (Fsp3) is 0.889. The van der Waals surface area contributed by atoms with Gasteiger partial charge < -0.3 is 14.7 Å². The highest BCUT2D eigenvalue weighted by molar-refractivity contribution is 5.77. The van der Waals surface area contributed by atoms with Crippen LogP contribution in [0, 0.1) is 0 Å². The van der Waals surface area contributed by atoms with E-state index in [1.807, 2.05) is 6.92 Å². The maximum Gasteiger partial charge on any atom is 0.248 e. The van der Waals surface area contributed by atoms with E-state index in [1.54, 1.807) is 4.90 Å². The third-order valence-electron chi connectivity index (χ3n) is 2.25. The SMILES string of the molecule is CCOCC(=O)N1CCC(O)CC1. The molecule has 0 unspecified atom stereocenters. The molecule has 13 heavy (non-hydrogen) atoms. The summed E-state index contributed by atoms with van der Waals surface area (Å²) in [5.74, 6) is 0.0359. The lowest BCUT2D eigenvalue weighted by Gasteiger charge is -2.29. The van der Waals surface area contributed by atoms with Crippen molar-refractivity contribution in [1.82, 2.24) is 4.90 Å². The van der Waals surface area contributed by atoms with Crippen molar-refractivity contribution < 1.29 is 14.6 Å². The van der Waals surface area contributed by atoms with Gasteiger partial charge in [0.25, 0.3) is 0 Å². The van der Waals surface area contributed by atoms with Gasteiger partial charge in [-0.3, -0.25) is 4.79 Å². The Labute approximate surface area is 78.5 Å². The zero-order valence-corrected chi connectivity index (χ0v) is 8.03. The zero-order valence-electron chi connectivity index (χ0n) is 8.03. The van der Waals surface area contributed by atoms with Gasteiger partial charge in [0, 0.05) is 19.7 Å². The zero-order chi connectivity index (χ0) is 9.68. The number of aliphatic hydroxyl groups is 1. The molecule has 76 valence electrons. The number of carbonyl (C=O) groups excluding carboxylic acids is 1. The molecule has 1 amide bonds. The Morgan fingerprint density at radius 2 is 2.15 bits per heavy atom. The molecule has 1 heterocycles. The van der Waals surface area contributed by atoms with Crippen LogP contribution in [0.15, 0.2) is 0 Å². The first kappa shape index (κ1) is 10.5. The van der Waals surface area contributed by atoms with E-state index < -0.39 is 0 Å². The molecule has 1 rings (SSSR count). The van der Waals surface area contributed by atoms with Crippen molar-refractivity contribution in [3.8, 4) is 0 Å². The Kier molecular flexibility index (Phi) is 4.18. The van der Waals surface area contributed by atoms with Crippen molar-refractivity contribution in [3.05, 3.63) is 0 Å². The second kappa shape index (κ2) is 5.19. The minimum absolute atomic E-state index is 0.0359. The molecular formula is C9H17NO3. The summed E-state index contributed by atoms with van der Waals surface area (Å²) in [4.78, 5) is 13.1. The standard InChI is InChI=1S/C9H17NO3/c1-2-13-7-9(12)10-5-3-8(11)4-6-10/h8,11H,2-7H2,1H3. The molecule has 1 N–H and O–H groups in total. The molecule has 4 nitrogen and oxygen atoms in total. The number of rotatable bonds is 3. The van der Waals surface area contributed by atoms with Crippen molar-refractivity contribution in [3.63, 3.8) is 0 Å². The predicted octanol–water partition coefficient (Wildman–Crippen LogP) is 0.00620. The van der Waals surface area contributed by atoms with E-state index >= 15 is 0 Å². The molecule has 1 saturated heterocycles. The largest absolute Gasteiger partial charge is 0.393 e. The number of ether oxygens (including phenoxy) is 1.